The maximum Gasteiger partial charge on any atom is 0.260 e. The van der Waals surface area contributed by atoms with E-state index in [1.165, 1.54) is 0 Å². The minimum atomic E-state index is -0.871. The Morgan fingerprint density at radius 2 is 1.95 bits per heavy atom. The molecule has 0 aliphatic carbocycles. The number of hydrogen-bond donors (Lipinski definition) is 2. The van der Waals surface area contributed by atoms with E-state index < -0.39 is 11.7 Å². The molecule has 5 heteroatoms. The maximum atomic E-state index is 11.9. The van der Waals surface area contributed by atoms with Crippen LogP contribution in [0.2, 0.25) is 0 Å². The molecule has 0 heterocycles. The van der Waals surface area contributed by atoms with Gasteiger partial charge in [0.15, 0.2) is 6.10 Å². The van der Waals surface area contributed by atoms with Gasteiger partial charge >= 0.3 is 0 Å². The van der Waals surface area contributed by atoms with Crippen LogP contribution in [0.5, 0.6) is 5.75 Å². The van der Waals surface area contributed by atoms with Gasteiger partial charge in [0.2, 0.25) is 0 Å². The summed E-state index contributed by atoms with van der Waals surface area (Å²) >= 11 is 0. The highest BCUT2D eigenvalue weighted by Crippen LogP contribution is 2.15. The molecule has 1 aromatic carbocycles. The Balaban J connectivity index is 2.52. The van der Waals surface area contributed by atoms with E-state index in [1.54, 1.807) is 31.2 Å². The molecule has 0 bridgehead atoms. The lowest BCUT2D eigenvalue weighted by Gasteiger charge is -2.26. The fraction of sp³-hybridized carbons (Fsp3) is 0.500. The van der Waals surface area contributed by atoms with Gasteiger partial charge < -0.3 is 15.2 Å². The zero-order chi connectivity index (χ0) is 15.9. The first-order valence-electron chi connectivity index (χ1n) is 7.11. The van der Waals surface area contributed by atoms with Gasteiger partial charge in [0.05, 0.1) is 17.2 Å². The third-order valence-electron chi connectivity index (χ3n) is 3.57. The molecule has 0 aliphatic heterocycles. The van der Waals surface area contributed by atoms with Gasteiger partial charge in [-0.25, -0.2) is 0 Å². The van der Waals surface area contributed by atoms with Crippen molar-refractivity contribution in [2.45, 2.75) is 45.3 Å². The molecular formula is C16H22N2O3. The largest absolute Gasteiger partial charge is 0.481 e. The van der Waals surface area contributed by atoms with Crippen molar-refractivity contribution in [3.05, 3.63) is 29.8 Å². The molecule has 0 saturated carbocycles. The molecule has 0 fully saturated rings. The molecule has 1 atom stereocenters. The van der Waals surface area contributed by atoms with Crippen molar-refractivity contribution < 1.29 is 14.6 Å². The summed E-state index contributed by atoms with van der Waals surface area (Å²) in [5.41, 5.74) is -0.334. The monoisotopic (exact) mass is 290 g/mol. The number of nitrogens with one attached hydrogen (secondary N) is 1. The average Bonchev–Trinajstić information content (AvgIpc) is 2.52. The highest BCUT2D eigenvalue weighted by atomic mass is 16.5. The Kier molecular flexibility index (Phi) is 6.19. The Bertz CT molecular complexity index is 501. The molecule has 114 valence electrons. The molecule has 21 heavy (non-hydrogen) atoms. The fourth-order valence-electron chi connectivity index (χ4n) is 1.76. The first-order valence-corrected chi connectivity index (χ1v) is 7.11. The average molecular weight is 290 g/mol. The molecule has 0 spiro atoms. The van der Waals surface area contributed by atoms with E-state index in [2.05, 4.69) is 5.32 Å². The molecule has 1 rings (SSSR count). The van der Waals surface area contributed by atoms with Crippen molar-refractivity contribution >= 4 is 5.91 Å². The van der Waals surface area contributed by atoms with Gasteiger partial charge in [0.25, 0.3) is 5.91 Å². The zero-order valence-corrected chi connectivity index (χ0v) is 12.7. The number of nitrogens with zero attached hydrogens (tertiary/aromatic N) is 1. The Morgan fingerprint density at radius 3 is 2.43 bits per heavy atom. The number of amides is 1. The van der Waals surface area contributed by atoms with Crippen LogP contribution in [0.15, 0.2) is 24.3 Å². The highest BCUT2D eigenvalue weighted by molar-refractivity contribution is 5.80. The van der Waals surface area contributed by atoms with Gasteiger partial charge in [-0.05, 0) is 44.0 Å². The number of rotatable bonds is 7. The van der Waals surface area contributed by atoms with E-state index >= 15 is 0 Å². The van der Waals surface area contributed by atoms with Crippen LogP contribution in [0.3, 0.4) is 0 Å². The smallest absolute Gasteiger partial charge is 0.260 e. The minimum Gasteiger partial charge on any atom is -0.481 e. The number of ether oxygens (including phenoxy) is 1. The summed E-state index contributed by atoms with van der Waals surface area (Å²) in [6.45, 7) is 5.61. The summed E-state index contributed by atoms with van der Waals surface area (Å²) in [6.07, 6.45) is 0.486. The molecule has 2 N–H and O–H groups in total. The van der Waals surface area contributed by atoms with Crippen LogP contribution < -0.4 is 10.1 Å². The summed E-state index contributed by atoms with van der Waals surface area (Å²) < 4.78 is 5.51. The first-order chi connectivity index (χ1) is 9.94. The Labute approximate surface area is 125 Å². The SMILES string of the molecule is CCC(O)(CC)CNC(=O)C(C)Oc1ccc(C#N)cc1. The van der Waals surface area contributed by atoms with E-state index in [0.29, 0.717) is 24.2 Å². The molecule has 0 aliphatic rings. The van der Waals surface area contributed by atoms with E-state index in [0.717, 1.165) is 0 Å². The molecule has 5 nitrogen and oxygen atoms in total. The van der Waals surface area contributed by atoms with Gasteiger partial charge in [0.1, 0.15) is 5.75 Å². The van der Waals surface area contributed by atoms with E-state index in [4.69, 9.17) is 10.00 Å². The van der Waals surface area contributed by atoms with E-state index in [1.807, 2.05) is 19.9 Å². The van der Waals surface area contributed by atoms with Crippen LogP contribution in [-0.4, -0.2) is 29.3 Å². The zero-order valence-electron chi connectivity index (χ0n) is 12.7. The standard InChI is InChI=1S/C16H22N2O3/c1-4-16(20,5-2)11-18-15(19)12(3)21-14-8-6-13(10-17)7-9-14/h6-9,12,20H,4-5,11H2,1-3H3,(H,18,19). The topological polar surface area (TPSA) is 82.3 Å². The van der Waals surface area contributed by atoms with E-state index in [9.17, 15) is 9.90 Å². The van der Waals surface area contributed by atoms with Crippen LogP contribution >= 0.6 is 0 Å². The van der Waals surface area contributed by atoms with Crippen molar-refractivity contribution in [3.63, 3.8) is 0 Å². The van der Waals surface area contributed by atoms with Crippen LogP contribution in [0.4, 0.5) is 0 Å². The lowest BCUT2D eigenvalue weighted by atomic mass is 9.97. The number of aliphatic hydroxyl groups is 1. The first kappa shape index (κ1) is 17.0. The highest BCUT2D eigenvalue weighted by Gasteiger charge is 2.24. The van der Waals surface area contributed by atoms with Gasteiger partial charge in [0, 0.05) is 6.54 Å². The second-order valence-electron chi connectivity index (χ2n) is 5.05. The molecule has 1 amide bonds. The van der Waals surface area contributed by atoms with Gasteiger partial charge in [-0.1, -0.05) is 13.8 Å². The van der Waals surface area contributed by atoms with Gasteiger partial charge in [-0.2, -0.15) is 5.26 Å². The predicted molar refractivity (Wildman–Crippen MR) is 79.8 cm³/mol. The number of carbonyl (C=O) groups excluding carboxylic acids is 1. The third kappa shape index (κ3) is 5.09. The second-order valence-corrected chi connectivity index (χ2v) is 5.05. The van der Waals surface area contributed by atoms with E-state index in [-0.39, 0.29) is 12.5 Å². The lowest BCUT2D eigenvalue weighted by Crippen LogP contribution is -2.46. The number of benzene rings is 1. The Morgan fingerprint density at radius 1 is 1.38 bits per heavy atom. The van der Waals surface area contributed by atoms with Crippen LogP contribution in [-0.2, 0) is 4.79 Å². The fourth-order valence-corrected chi connectivity index (χ4v) is 1.76. The van der Waals surface area contributed by atoms with Crippen LogP contribution in [0.25, 0.3) is 0 Å². The van der Waals surface area contributed by atoms with Crippen LogP contribution in [0.1, 0.15) is 39.2 Å². The summed E-state index contributed by atoms with van der Waals surface area (Å²) in [7, 11) is 0. The predicted octanol–water partition coefficient (Wildman–Crippen LogP) is 1.99. The lowest BCUT2D eigenvalue weighted by molar-refractivity contribution is -0.128. The van der Waals surface area contributed by atoms with Crippen molar-refractivity contribution in [2.24, 2.45) is 0 Å². The number of hydrogen-bond acceptors (Lipinski definition) is 4. The second kappa shape index (κ2) is 7.65. The maximum absolute atomic E-state index is 11.9. The van der Waals surface area contributed by atoms with Gasteiger partial charge in [-0.3, -0.25) is 4.79 Å². The third-order valence-corrected chi connectivity index (χ3v) is 3.57. The quantitative estimate of drug-likeness (QED) is 0.804. The van der Waals surface area contributed by atoms with Crippen molar-refractivity contribution in [3.8, 4) is 11.8 Å². The molecule has 1 aromatic rings. The number of nitriles is 1. The van der Waals surface area contributed by atoms with Crippen molar-refractivity contribution in [1.29, 1.82) is 5.26 Å². The molecule has 0 aromatic heterocycles. The summed E-state index contributed by atoms with van der Waals surface area (Å²) in [6, 6.07) is 8.58. The molecule has 0 saturated heterocycles. The summed E-state index contributed by atoms with van der Waals surface area (Å²) in [4.78, 5) is 11.9. The van der Waals surface area contributed by atoms with Crippen LogP contribution in [0, 0.1) is 11.3 Å². The Hall–Kier alpha value is -2.06. The van der Waals surface area contributed by atoms with Gasteiger partial charge in [-0.15, -0.1) is 0 Å². The van der Waals surface area contributed by atoms with Crippen molar-refractivity contribution in [1.82, 2.24) is 5.32 Å². The summed E-state index contributed by atoms with van der Waals surface area (Å²) in [5.74, 6) is 0.248. The molecule has 1 unspecified atom stereocenters. The number of carbonyl (C=O) groups is 1. The van der Waals surface area contributed by atoms with Crippen molar-refractivity contribution in [2.75, 3.05) is 6.54 Å². The normalized spacial score (nSPS) is 12.3. The minimum absolute atomic E-state index is 0.208. The molecular weight excluding hydrogens is 268 g/mol. The molecule has 0 radical (unpaired) electrons. The summed E-state index contributed by atoms with van der Waals surface area (Å²) in [5, 5.41) is 21.5.